The average molecular weight is 437 g/mol. The number of esters is 1. The highest BCUT2D eigenvalue weighted by Crippen LogP contribution is 2.29. The summed E-state index contributed by atoms with van der Waals surface area (Å²) in [5.41, 5.74) is 1.49. The fourth-order valence-corrected chi connectivity index (χ4v) is 3.20. The van der Waals surface area contributed by atoms with Crippen LogP contribution in [-0.4, -0.2) is 49.6 Å². The summed E-state index contributed by atoms with van der Waals surface area (Å²) in [5.74, 6) is 0.452. The van der Waals surface area contributed by atoms with E-state index in [1.54, 1.807) is 49.6 Å². The lowest BCUT2D eigenvalue weighted by Crippen LogP contribution is -2.33. The molecule has 0 unspecified atom stereocenters. The molecule has 1 aliphatic rings. The summed E-state index contributed by atoms with van der Waals surface area (Å²) in [4.78, 5) is 37.8. The van der Waals surface area contributed by atoms with E-state index in [0.29, 0.717) is 35.2 Å². The first kappa shape index (κ1) is 23.1. The van der Waals surface area contributed by atoms with Crippen LogP contribution in [0.3, 0.4) is 0 Å². The van der Waals surface area contributed by atoms with Gasteiger partial charge in [-0.05, 0) is 48.2 Å². The first-order valence-electron chi connectivity index (χ1n) is 10.5. The van der Waals surface area contributed by atoms with Crippen LogP contribution < -0.4 is 9.47 Å². The van der Waals surface area contributed by atoms with E-state index in [0.717, 1.165) is 16.9 Å². The molecule has 2 aromatic rings. The lowest BCUT2D eigenvalue weighted by molar-refractivity contribution is -0.137. The third-order valence-corrected chi connectivity index (χ3v) is 4.99. The molecule has 0 saturated carbocycles. The number of carbonyl (C=O) groups excluding carboxylic acids is 3. The Bertz CT molecular complexity index is 992. The molecule has 168 valence electrons. The molecule has 0 fully saturated rings. The largest absolute Gasteiger partial charge is 0.493 e. The van der Waals surface area contributed by atoms with Gasteiger partial charge in [-0.2, -0.15) is 0 Å². The van der Waals surface area contributed by atoms with Gasteiger partial charge < -0.3 is 14.2 Å². The van der Waals surface area contributed by atoms with Gasteiger partial charge in [-0.1, -0.05) is 32.0 Å². The molecule has 0 aromatic heterocycles. The molecule has 0 atom stereocenters. The van der Waals surface area contributed by atoms with Crippen LogP contribution in [0.4, 0.5) is 0 Å². The zero-order valence-corrected chi connectivity index (χ0v) is 18.5. The van der Waals surface area contributed by atoms with E-state index in [4.69, 9.17) is 14.2 Å². The quantitative estimate of drug-likeness (QED) is 0.318. The molecule has 2 amide bonds. The number of benzene rings is 2. The minimum Gasteiger partial charge on any atom is -0.493 e. The summed E-state index contributed by atoms with van der Waals surface area (Å²) in [6.07, 6.45) is 3.83. The third kappa shape index (κ3) is 5.55. The molecular formula is C25H27NO6. The first-order chi connectivity index (χ1) is 15.4. The fraction of sp³-hybridized carbons (Fsp3) is 0.320. The summed E-state index contributed by atoms with van der Waals surface area (Å²) < 4.78 is 16.3. The highest BCUT2D eigenvalue weighted by molar-refractivity contribution is 6.21. The zero-order chi connectivity index (χ0) is 23.1. The zero-order valence-electron chi connectivity index (χ0n) is 18.5. The van der Waals surface area contributed by atoms with Gasteiger partial charge >= 0.3 is 5.97 Å². The van der Waals surface area contributed by atoms with Gasteiger partial charge in [0, 0.05) is 6.08 Å². The molecular weight excluding hydrogens is 410 g/mol. The molecule has 0 radical (unpaired) electrons. The molecule has 0 aliphatic carbocycles. The van der Waals surface area contributed by atoms with E-state index in [1.807, 2.05) is 6.07 Å². The highest BCUT2D eigenvalue weighted by atomic mass is 16.5. The number of imide groups is 1. The Balaban J connectivity index is 1.50. The maximum Gasteiger partial charge on any atom is 0.330 e. The molecule has 0 N–H and O–H groups in total. The van der Waals surface area contributed by atoms with E-state index in [9.17, 15) is 14.4 Å². The van der Waals surface area contributed by atoms with Gasteiger partial charge in [-0.3, -0.25) is 14.5 Å². The Labute approximate surface area is 187 Å². The minimum absolute atomic E-state index is 0.00215. The average Bonchev–Trinajstić information content (AvgIpc) is 3.03. The number of fused-ring (bicyclic) bond motifs is 1. The molecule has 1 aliphatic heterocycles. The third-order valence-electron chi connectivity index (χ3n) is 4.99. The van der Waals surface area contributed by atoms with Gasteiger partial charge in [0.25, 0.3) is 11.8 Å². The van der Waals surface area contributed by atoms with Crippen molar-refractivity contribution in [2.45, 2.75) is 20.3 Å². The van der Waals surface area contributed by atoms with Crippen molar-refractivity contribution in [2.24, 2.45) is 5.92 Å². The van der Waals surface area contributed by atoms with Gasteiger partial charge in [0.15, 0.2) is 11.5 Å². The van der Waals surface area contributed by atoms with E-state index in [2.05, 4.69) is 13.8 Å². The Hall–Kier alpha value is -3.61. The van der Waals surface area contributed by atoms with E-state index >= 15 is 0 Å². The summed E-state index contributed by atoms with van der Waals surface area (Å²) in [6, 6.07) is 12.0. The first-order valence-corrected chi connectivity index (χ1v) is 10.5. The maximum absolute atomic E-state index is 12.3. The number of hydrogen-bond donors (Lipinski definition) is 0. The van der Waals surface area contributed by atoms with Crippen molar-refractivity contribution < 1.29 is 28.6 Å². The Morgan fingerprint density at radius 2 is 1.69 bits per heavy atom. The van der Waals surface area contributed by atoms with E-state index < -0.39 is 5.97 Å². The summed E-state index contributed by atoms with van der Waals surface area (Å²) in [7, 11) is 1.56. The van der Waals surface area contributed by atoms with Crippen molar-refractivity contribution in [3.63, 3.8) is 0 Å². The van der Waals surface area contributed by atoms with Gasteiger partial charge in [-0.25, -0.2) is 4.79 Å². The van der Waals surface area contributed by atoms with Crippen molar-refractivity contribution in [3.05, 3.63) is 65.2 Å². The molecule has 7 nitrogen and oxygen atoms in total. The molecule has 7 heteroatoms. The maximum atomic E-state index is 12.3. The molecule has 0 spiro atoms. The smallest absolute Gasteiger partial charge is 0.330 e. The SMILES string of the molecule is COc1cc(/C=C/C(=O)OCCN2C(=O)c3ccccc3C2=O)ccc1OCCC(C)C. The van der Waals surface area contributed by atoms with Gasteiger partial charge in [0.2, 0.25) is 0 Å². The summed E-state index contributed by atoms with van der Waals surface area (Å²) >= 11 is 0. The molecule has 0 bridgehead atoms. The van der Waals surface area contributed by atoms with Crippen molar-refractivity contribution in [1.82, 2.24) is 4.90 Å². The Kier molecular flexibility index (Phi) is 7.65. The van der Waals surface area contributed by atoms with Gasteiger partial charge in [0.1, 0.15) is 6.61 Å². The van der Waals surface area contributed by atoms with Crippen LogP contribution in [0.5, 0.6) is 11.5 Å². The van der Waals surface area contributed by atoms with Crippen molar-refractivity contribution >= 4 is 23.9 Å². The van der Waals surface area contributed by atoms with Crippen molar-refractivity contribution in [1.29, 1.82) is 0 Å². The van der Waals surface area contributed by atoms with E-state index in [1.165, 1.54) is 6.08 Å². The lowest BCUT2D eigenvalue weighted by Gasteiger charge is -2.13. The second-order valence-corrected chi connectivity index (χ2v) is 7.75. The van der Waals surface area contributed by atoms with Crippen molar-refractivity contribution in [2.75, 3.05) is 26.9 Å². The monoisotopic (exact) mass is 437 g/mol. The van der Waals surface area contributed by atoms with Gasteiger partial charge in [-0.15, -0.1) is 0 Å². The topological polar surface area (TPSA) is 82.1 Å². The molecule has 2 aromatic carbocycles. The predicted molar refractivity (Wildman–Crippen MR) is 120 cm³/mol. The molecule has 0 saturated heterocycles. The van der Waals surface area contributed by atoms with Crippen LogP contribution in [-0.2, 0) is 9.53 Å². The highest BCUT2D eigenvalue weighted by Gasteiger charge is 2.34. The summed E-state index contributed by atoms with van der Waals surface area (Å²) in [6.45, 7) is 4.78. The van der Waals surface area contributed by atoms with Crippen LogP contribution in [0.25, 0.3) is 6.08 Å². The normalized spacial score (nSPS) is 13.1. The lowest BCUT2D eigenvalue weighted by atomic mass is 10.1. The van der Waals surface area contributed by atoms with Crippen molar-refractivity contribution in [3.8, 4) is 11.5 Å². The fourth-order valence-electron chi connectivity index (χ4n) is 3.20. The molecule has 1 heterocycles. The van der Waals surface area contributed by atoms with E-state index in [-0.39, 0.29) is 25.0 Å². The number of carbonyl (C=O) groups is 3. The molecule has 3 rings (SSSR count). The van der Waals surface area contributed by atoms with Crippen LogP contribution >= 0.6 is 0 Å². The number of rotatable bonds is 10. The number of amides is 2. The minimum atomic E-state index is -0.571. The Morgan fingerprint density at radius 1 is 1.00 bits per heavy atom. The second-order valence-electron chi connectivity index (χ2n) is 7.75. The number of methoxy groups -OCH3 is 1. The molecule has 32 heavy (non-hydrogen) atoms. The van der Waals surface area contributed by atoms with Crippen LogP contribution in [0.2, 0.25) is 0 Å². The van der Waals surface area contributed by atoms with Crippen LogP contribution in [0.15, 0.2) is 48.5 Å². The van der Waals surface area contributed by atoms with Gasteiger partial charge in [0.05, 0.1) is 31.4 Å². The van der Waals surface area contributed by atoms with Crippen LogP contribution in [0.1, 0.15) is 46.5 Å². The number of ether oxygens (including phenoxy) is 3. The van der Waals surface area contributed by atoms with Crippen LogP contribution in [0, 0.1) is 5.92 Å². The predicted octanol–water partition coefficient (Wildman–Crippen LogP) is 3.97. The Morgan fingerprint density at radius 3 is 2.31 bits per heavy atom. The number of nitrogens with zero attached hydrogens (tertiary/aromatic N) is 1. The summed E-state index contributed by atoms with van der Waals surface area (Å²) in [5, 5.41) is 0. The second kappa shape index (κ2) is 10.6. The standard InChI is InChI=1S/C25H27NO6/c1-17(2)12-14-31-21-10-8-18(16-22(21)30-3)9-11-23(27)32-15-13-26-24(28)19-6-4-5-7-20(19)25(26)29/h4-11,16-17H,12-15H2,1-3H3/b11-9+. The number of hydrogen-bond acceptors (Lipinski definition) is 6.